The zero-order valence-electron chi connectivity index (χ0n) is 30.0. The number of carbonyl (C=O) groups is 4. The summed E-state index contributed by atoms with van der Waals surface area (Å²) in [6.45, 7) is -0.122. The lowest BCUT2D eigenvalue weighted by atomic mass is 9.70. The Morgan fingerprint density at radius 2 is 0.732 bits per heavy atom. The van der Waals surface area contributed by atoms with Crippen molar-refractivity contribution in [1.29, 1.82) is 0 Å². The molecule has 6 fully saturated rings. The number of benzene rings is 4. The van der Waals surface area contributed by atoms with Crippen LogP contribution in [-0.4, -0.2) is 94.4 Å². The van der Waals surface area contributed by atoms with Gasteiger partial charge in [0, 0.05) is 13.1 Å². The Labute approximate surface area is 321 Å². The number of likely N-dealkylation sites (tertiary alicyclic amines) is 2. The van der Waals surface area contributed by atoms with Crippen molar-refractivity contribution in [3.63, 3.8) is 0 Å². The number of para-hydroxylation sites is 2. The molecule has 4 bridgehead atoms. The highest BCUT2D eigenvalue weighted by atomic mass is 16.5. The van der Waals surface area contributed by atoms with Gasteiger partial charge < -0.3 is 9.47 Å². The van der Waals surface area contributed by atoms with Crippen molar-refractivity contribution in [3.05, 3.63) is 132 Å². The maximum absolute atomic E-state index is 14.3. The van der Waals surface area contributed by atoms with E-state index >= 15 is 0 Å². The van der Waals surface area contributed by atoms with Crippen LogP contribution in [0.1, 0.15) is 11.1 Å². The lowest BCUT2D eigenvalue weighted by molar-refractivity contribution is -0.148. The first kappa shape index (κ1) is 32.3. The Hall–Kier alpha value is -5.98. The first-order chi connectivity index (χ1) is 27.5. The van der Waals surface area contributed by atoms with Crippen molar-refractivity contribution in [1.82, 2.24) is 9.80 Å². The predicted octanol–water partition coefficient (Wildman–Crippen LogP) is 3.57. The molecule has 0 aliphatic carbocycles. The minimum absolute atomic E-state index is 0.0612. The van der Waals surface area contributed by atoms with E-state index in [0.717, 1.165) is 33.9 Å². The van der Waals surface area contributed by atoms with Gasteiger partial charge in [0.05, 0.1) is 94.8 Å². The van der Waals surface area contributed by atoms with Crippen LogP contribution in [0.4, 0.5) is 11.4 Å². The molecule has 8 aliphatic heterocycles. The maximum Gasteiger partial charge on any atom is 0.235 e. The highest BCUT2D eigenvalue weighted by Crippen LogP contribution is 2.58. The lowest BCUT2D eigenvalue weighted by Gasteiger charge is -2.32. The van der Waals surface area contributed by atoms with Crippen molar-refractivity contribution < 1.29 is 28.7 Å². The summed E-state index contributed by atoms with van der Waals surface area (Å²) < 4.78 is 13.1. The number of hydrogen-bond donors (Lipinski definition) is 0. The standard InChI is InChI=1S/C44H36N6O6/c51-41-27-29(39-35-31(37(27)55-39)33(23-13-5-1-6-14-23)45-49(35)25-17-9-3-10-18-25)43(53)47(41)21-22-48-42(52)28-30(44(48)54)40-36-32(38(28)56-40)34(24-15-7-2-8-16-24)46-50(36)26-19-11-4-12-20-26/h1-20,27-32,35-40H,21-22H2/t27-,28-,29+,30+,31+,32+,35-,36-,37-,38-,39+,40+/m1/s1. The number of hydrogen-bond acceptors (Lipinski definition) is 10. The van der Waals surface area contributed by atoms with Crippen LogP contribution in [0.5, 0.6) is 0 Å². The molecule has 278 valence electrons. The molecule has 12 atom stereocenters. The van der Waals surface area contributed by atoms with Gasteiger partial charge in [-0.25, -0.2) is 0 Å². The number of rotatable bonds is 7. The first-order valence-corrected chi connectivity index (χ1v) is 19.5. The van der Waals surface area contributed by atoms with Crippen LogP contribution in [0, 0.1) is 35.5 Å². The normalized spacial score (nSPS) is 35.7. The zero-order chi connectivity index (χ0) is 37.4. The predicted molar refractivity (Wildman–Crippen MR) is 203 cm³/mol. The fourth-order valence-electron chi connectivity index (χ4n) is 11.3. The molecular weight excluding hydrogens is 709 g/mol. The summed E-state index contributed by atoms with van der Waals surface area (Å²) in [5.74, 6) is -4.33. The van der Waals surface area contributed by atoms with E-state index in [4.69, 9.17) is 19.7 Å². The smallest absolute Gasteiger partial charge is 0.235 e. The number of ether oxygens (including phenoxy) is 2. The van der Waals surface area contributed by atoms with Gasteiger partial charge in [0.15, 0.2) is 0 Å². The molecule has 8 aliphatic rings. The largest absolute Gasteiger partial charge is 0.370 e. The maximum atomic E-state index is 14.3. The molecule has 0 unspecified atom stereocenters. The molecule has 6 saturated heterocycles. The Morgan fingerprint density at radius 1 is 0.411 bits per heavy atom. The van der Waals surface area contributed by atoms with Crippen molar-refractivity contribution in [2.75, 3.05) is 23.1 Å². The van der Waals surface area contributed by atoms with Crippen LogP contribution in [0.2, 0.25) is 0 Å². The third-order valence-corrected chi connectivity index (χ3v) is 13.5. The van der Waals surface area contributed by atoms with Gasteiger partial charge in [-0.3, -0.25) is 39.0 Å². The monoisotopic (exact) mass is 744 g/mol. The van der Waals surface area contributed by atoms with Crippen LogP contribution in [0.3, 0.4) is 0 Å². The summed E-state index contributed by atoms with van der Waals surface area (Å²) in [5, 5.41) is 14.1. The molecule has 4 amide bonds. The number of fused-ring (bicyclic) bond motifs is 16. The van der Waals surface area contributed by atoms with Gasteiger partial charge in [-0.15, -0.1) is 0 Å². The third kappa shape index (κ3) is 4.20. The van der Waals surface area contributed by atoms with E-state index in [1.54, 1.807) is 0 Å². The molecule has 4 aromatic carbocycles. The molecule has 12 heteroatoms. The highest BCUT2D eigenvalue weighted by Gasteiger charge is 2.74. The van der Waals surface area contributed by atoms with E-state index in [9.17, 15) is 19.2 Å². The number of anilines is 2. The van der Waals surface area contributed by atoms with Gasteiger partial charge in [-0.05, 0) is 35.4 Å². The van der Waals surface area contributed by atoms with Crippen LogP contribution < -0.4 is 10.0 Å². The van der Waals surface area contributed by atoms with E-state index in [0.29, 0.717) is 0 Å². The fourth-order valence-corrected chi connectivity index (χ4v) is 11.3. The lowest BCUT2D eigenvalue weighted by Crippen LogP contribution is -2.50. The van der Waals surface area contributed by atoms with Crippen LogP contribution >= 0.6 is 0 Å². The van der Waals surface area contributed by atoms with Gasteiger partial charge in [-0.2, -0.15) is 10.2 Å². The minimum Gasteiger partial charge on any atom is -0.370 e. The van der Waals surface area contributed by atoms with E-state index in [1.807, 2.05) is 131 Å². The minimum atomic E-state index is -0.669. The zero-order valence-corrected chi connectivity index (χ0v) is 30.0. The van der Waals surface area contributed by atoms with Crippen molar-refractivity contribution in [3.8, 4) is 0 Å². The average Bonchev–Trinajstić information content (AvgIpc) is 4.12. The Balaban J connectivity index is 0.809. The second-order valence-electron chi connectivity index (χ2n) is 16.0. The first-order valence-electron chi connectivity index (χ1n) is 19.5. The van der Waals surface area contributed by atoms with E-state index in [2.05, 4.69) is 0 Å². The van der Waals surface area contributed by atoms with Crippen molar-refractivity contribution in [2.45, 2.75) is 36.5 Å². The van der Waals surface area contributed by atoms with Gasteiger partial charge in [0.25, 0.3) is 0 Å². The van der Waals surface area contributed by atoms with Gasteiger partial charge in [0.2, 0.25) is 23.6 Å². The second kappa shape index (κ2) is 11.8. The SMILES string of the molecule is O=C1[C@@H]2[C@@H]3O[C@@H]([C@H]4C(c5ccccc5)=NN(c5ccccc5)[C@@H]34)[C@@H]2C(=O)N1CCN1C(=O)[C@@H]2[C@@H]3O[C@@H]([C@H]4C(c5ccccc5)=NN(c5ccccc5)[C@@H]34)[C@@H]2C1=O. The molecule has 4 aromatic rings. The van der Waals surface area contributed by atoms with E-state index in [1.165, 1.54) is 9.80 Å². The summed E-state index contributed by atoms with van der Waals surface area (Å²) in [6, 6.07) is 39.0. The Morgan fingerprint density at radius 3 is 1.09 bits per heavy atom. The number of amides is 4. The average molecular weight is 745 g/mol. The number of hydrazone groups is 2. The topological polar surface area (TPSA) is 124 Å². The van der Waals surface area contributed by atoms with Crippen LogP contribution in [0.15, 0.2) is 132 Å². The highest BCUT2D eigenvalue weighted by molar-refractivity contribution is 6.12. The number of imide groups is 2. The molecule has 56 heavy (non-hydrogen) atoms. The summed E-state index contributed by atoms with van der Waals surface area (Å²) in [4.78, 5) is 59.6. The Bertz CT molecular complexity index is 2210. The number of nitrogens with zero attached hydrogens (tertiary/aromatic N) is 6. The summed E-state index contributed by atoms with van der Waals surface area (Å²) >= 11 is 0. The number of carbonyl (C=O) groups excluding carboxylic acids is 4. The molecule has 12 rings (SSSR count). The summed E-state index contributed by atoms with van der Waals surface area (Å²) in [5.41, 5.74) is 5.38. The second-order valence-corrected chi connectivity index (χ2v) is 16.0. The molecular formula is C44H36N6O6. The molecule has 0 radical (unpaired) electrons. The van der Waals surface area contributed by atoms with Gasteiger partial charge >= 0.3 is 0 Å². The molecule has 0 saturated carbocycles. The van der Waals surface area contributed by atoms with Crippen molar-refractivity contribution >= 4 is 46.4 Å². The molecule has 8 heterocycles. The van der Waals surface area contributed by atoms with Crippen molar-refractivity contribution in [2.24, 2.45) is 45.7 Å². The Kier molecular flexibility index (Phi) is 6.78. The molecule has 0 spiro atoms. The molecule has 0 aromatic heterocycles. The van der Waals surface area contributed by atoms with E-state index < -0.39 is 48.1 Å². The van der Waals surface area contributed by atoms with E-state index in [-0.39, 0.29) is 60.6 Å². The van der Waals surface area contributed by atoms with Gasteiger partial charge in [0.1, 0.15) is 0 Å². The van der Waals surface area contributed by atoms with Gasteiger partial charge in [-0.1, -0.05) is 97.1 Å². The molecule has 0 N–H and O–H groups in total. The fraction of sp³-hybridized carbons (Fsp3) is 0.318. The molecule has 12 nitrogen and oxygen atoms in total. The summed E-state index contributed by atoms with van der Waals surface area (Å²) in [6.07, 6.45) is -2.15. The van der Waals surface area contributed by atoms with Crippen LogP contribution in [0.25, 0.3) is 0 Å². The quantitative estimate of drug-likeness (QED) is 0.264. The van der Waals surface area contributed by atoms with Crippen LogP contribution in [-0.2, 0) is 28.7 Å². The third-order valence-electron chi connectivity index (χ3n) is 13.5. The summed E-state index contributed by atoms with van der Waals surface area (Å²) in [7, 11) is 0.